The van der Waals surface area contributed by atoms with Crippen LogP contribution in [0.5, 0.6) is 0 Å². The molecule has 18 heavy (non-hydrogen) atoms. The van der Waals surface area contributed by atoms with E-state index in [2.05, 4.69) is 10.3 Å². The molecule has 0 saturated carbocycles. The maximum absolute atomic E-state index is 13.3. The fourth-order valence-corrected chi connectivity index (χ4v) is 1.37. The van der Waals surface area contributed by atoms with Crippen LogP contribution in [0.3, 0.4) is 0 Å². The highest BCUT2D eigenvalue weighted by Crippen LogP contribution is 2.18. The Bertz CT molecular complexity index is 632. The highest BCUT2D eigenvalue weighted by Gasteiger charge is 2.13. The standard InChI is InChI=1S/C12H8F2N2O2/c13-8-2-1-3-9(14)11(8)16-12(18)10-6-7(17)4-5-15-10/h1-6H,(H,15,17)(H,16,18). The fourth-order valence-electron chi connectivity index (χ4n) is 1.37. The number of hydrogen-bond donors (Lipinski definition) is 2. The lowest BCUT2D eigenvalue weighted by molar-refractivity contribution is 0.102. The van der Waals surface area contributed by atoms with Crippen molar-refractivity contribution < 1.29 is 13.6 Å². The van der Waals surface area contributed by atoms with Gasteiger partial charge in [-0.1, -0.05) is 6.07 Å². The van der Waals surface area contributed by atoms with Crippen molar-refractivity contribution in [3.63, 3.8) is 0 Å². The van der Waals surface area contributed by atoms with Gasteiger partial charge in [-0.05, 0) is 12.1 Å². The van der Waals surface area contributed by atoms with Crippen LogP contribution in [-0.4, -0.2) is 10.9 Å². The van der Waals surface area contributed by atoms with Crippen molar-refractivity contribution >= 4 is 11.6 Å². The Morgan fingerprint density at radius 1 is 1.17 bits per heavy atom. The average molecular weight is 250 g/mol. The average Bonchev–Trinajstić information content (AvgIpc) is 2.34. The summed E-state index contributed by atoms with van der Waals surface area (Å²) in [7, 11) is 0. The fraction of sp³-hybridized carbons (Fsp3) is 0. The van der Waals surface area contributed by atoms with Crippen molar-refractivity contribution in [2.24, 2.45) is 0 Å². The quantitative estimate of drug-likeness (QED) is 0.855. The minimum atomic E-state index is -0.887. The second kappa shape index (κ2) is 4.79. The van der Waals surface area contributed by atoms with E-state index in [4.69, 9.17) is 0 Å². The molecule has 2 N–H and O–H groups in total. The first kappa shape index (κ1) is 12.0. The highest BCUT2D eigenvalue weighted by molar-refractivity contribution is 6.02. The third kappa shape index (κ3) is 2.42. The van der Waals surface area contributed by atoms with E-state index in [1.807, 2.05) is 0 Å². The zero-order valence-corrected chi connectivity index (χ0v) is 9.04. The number of carbonyl (C=O) groups is 1. The van der Waals surface area contributed by atoms with Crippen LogP contribution in [0.2, 0.25) is 0 Å². The van der Waals surface area contributed by atoms with Crippen LogP contribution in [-0.2, 0) is 0 Å². The van der Waals surface area contributed by atoms with Gasteiger partial charge in [0.25, 0.3) is 5.91 Å². The Balaban J connectivity index is 2.30. The topological polar surface area (TPSA) is 62.0 Å². The summed E-state index contributed by atoms with van der Waals surface area (Å²) in [6, 6.07) is 5.48. The van der Waals surface area contributed by atoms with Crippen LogP contribution < -0.4 is 10.7 Å². The van der Waals surface area contributed by atoms with Crippen molar-refractivity contribution in [2.75, 3.05) is 5.32 Å². The monoisotopic (exact) mass is 250 g/mol. The van der Waals surface area contributed by atoms with Gasteiger partial charge in [0.2, 0.25) is 0 Å². The van der Waals surface area contributed by atoms with Gasteiger partial charge in [0.1, 0.15) is 23.0 Å². The summed E-state index contributed by atoms with van der Waals surface area (Å²) in [6.45, 7) is 0. The molecule has 0 spiro atoms. The number of hydrogen-bond acceptors (Lipinski definition) is 2. The number of para-hydroxylation sites is 1. The lowest BCUT2D eigenvalue weighted by Gasteiger charge is -2.06. The zero-order valence-electron chi connectivity index (χ0n) is 9.04. The summed E-state index contributed by atoms with van der Waals surface area (Å²) < 4.78 is 26.6. The van der Waals surface area contributed by atoms with Crippen molar-refractivity contribution in [2.45, 2.75) is 0 Å². The molecule has 1 aromatic carbocycles. The second-order valence-electron chi connectivity index (χ2n) is 3.49. The van der Waals surface area contributed by atoms with Crippen molar-refractivity contribution in [1.82, 2.24) is 4.98 Å². The molecule has 0 fully saturated rings. The molecular formula is C12H8F2N2O2. The van der Waals surface area contributed by atoms with E-state index >= 15 is 0 Å². The smallest absolute Gasteiger partial charge is 0.272 e. The lowest BCUT2D eigenvalue weighted by Crippen LogP contribution is -2.17. The van der Waals surface area contributed by atoms with E-state index in [-0.39, 0.29) is 11.1 Å². The predicted molar refractivity (Wildman–Crippen MR) is 61.4 cm³/mol. The van der Waals surface area contributed by atoms with Crippen LogP contribution in [0.25, 0.3) is 0 Å². The number of H-pyrrole nitrogens is 1. The summed E-state index contributed by atoms with van der Waals surface area (Å²) >= 11 is 0. The molecule has 2 aromatic rings. The number of rotatable bonds is 2. The normalized spacial score (nSPS) is 10.1. The van der Waals surface area contributed by atoms with Gasteiger partial charge < -0.3 is 10.3 Å². The van der Waals surface area contributed by atoms with Gasteiger partial charge in [-0.3, -0.25) is 9.59 Å². The molecule has 92 valence electrons. The van der Waals surface area contributed by atoms with Crippen LogP contribution in [0, 0.1) is 11.6 Å². The molecule has 0 atom stereocenters. The number of aromatic amines is 1. The Labute approximate surface area is 100 Å². The maximum atomic E-state index is 13.3. The molecule has 1 heterocycles. The van der Waals surface area contributed by atoms with E-state index in [1.165, 1.54) is 18.3 Å². The summed E-state index contributed by atoms with van der Waals surface area (Å²) in [5, 5.41) is 2.06. The Kier molecular flexibility index (Phi) is 3.18. The minimum Gasteiger partial charge on any atom is -0.357 e. The van der Waals surface area contributed by atoms with Crippen LogP contribution in [0.1, 0.15) is 10.5 Å². The molecule has 0 aliphatic rings. The Morgan fingerprint density at radius 2 is 1.83 bits per heavy atom. The first-order chi connectivity index (χ1) is 8.58. The number of halogens is 2. The SMILES string of the molecule is O=C(Nc1c(F)cccc1F)c1cc(=O)cc[nH]1. The number of nitrogens with one attached hydrogen (secondary N) is 2. The van der Waals surface area contributed by atoms with E-state index in [9.17, 15) is 18.4 Å². The number of anilines is 1. The lowest BCUT2D eigenvalue weighted by atomic mass is 10.2. The number of amides is 1. The number of aromatic nitrogens is 1. The first-order valence-corrected chi connectivity index (χ1v) is 5.02. The van der Waals surface area contributed by atoms with Crippen molar-refractivity contribution in [1.29, 1.82) is 0 Å². The molecule has 0 aliphatic carbocycles. The molecule has 0 bridgehead atoms. The molecule has 1 amide bonds. The van der Waals surface area contributed by atoms with Crippen LogP contribution >= 0.6 is 0 Å². The molecule has 0 saturated heterocycles. The first-order valence-electron chi connectivity index (χ1n) is 5.02. The zero-order chi connectivity index (χ0) is 13.1. The molecule has 0 aliphatic heterocycles. The molecule has 0 radical (unpaired) electrons. The third-order valence-corrected chi connectivity index (χ3v) is 2.22. The van der Waals surface area contributed by atoms with E-state index < -0.39 is 23.2 Å². The summed E-state index contributed by atoms with van der Waals surface area (Å²) in [5.74, 6) is -2.57. The molecule has 2 rings (SSSR count). The van der Waals surface area contributed by atoms with Crippen molar-refractivity contribution in [3.05, 3.63) is 64.1 Å². The molecule has 4 nitrogen and oxygen atoms in total. The maximum Gasteiger partial charge on any atom is 0.272 e. The van der Waals surface area contributed by atoms with E-state index in [0.717, 1.165) is 18.2 Å². The minimum absolute atomic E-state index is 0.0786. The number of pyridine rings is 1. The molecule has 6 heteroatoms. The summed E-state index contributed by atoms with van der Waals surface area (Å²) in [6.07, 6.45) is 1.27. The third-order valence-electron chi connectivity index (χ3n) is 2.22. The van der Waals surface area contributed by atoms with Gasteiger partial charge >= 0.3 is 0 Å². The molecule has 1 aromatic heterocycles. The number of carbonyl (C=O) groups excluding carboxylic acids is 1. The van der Waals surface area contributed by atoms with E-state index in [1.54, 1.807) is 0 Å². The Morgan fingerprint density at radius 3 is 2.44 bits per heavy atom. The van der Waals surface area contributed by atoms with Gasteiger partial charge in [-0.25, -0.2) is 8.78 Å². The van der Waals surface area contributed by atoms with Gasteiger partial charge in [0.05, 0.1) is 0 Å². The summed E-state index contributed by atoms with van der Waals surface area (Å²) in [5.41, 5.74) is -1.01. The van der Waals surface area contributed by atoms with Crippen LogP contribution in [0.15, 0.2) is 41.3 Å². The van der Waals surface area contributed by atoms with Crippen LogP contribution in [0.4, 0.5) is 14.5 Å². The second-order valence-corrected chi connectivity index (χ2v) is 3.49. The summed E-state index contributed by atoms with van der Waals surface area (Å²) in [4.78, 5) is 25.2. The van der Waals surface area contributed by atoms with Gasteiger partial charge in [-0.2, -0.15) is 0 Å². The van der Waals surface area contributed by atoms with E-state index in [0.29, 0.717) is 0 Å². The number of benzene rings is 1. The molecular weight excluding hydrogens is 242 g/mol. The molecule has 0 unspecified atom stereocenters. The predicted octanol–water partition coefficient (Wildman–Crippen LogP) is 1.91. The van der Waals surface area contributed by atoms with Crippen molar-refractivity contribution in [3.8, 4) is 0 Å². The van der Waals surface area contributed by atoms with Gasteiger partial charge in [0, 0.05) is 18.3 Å². The van der Waals surface area contributed by atoms with Gasteiger partial charge in [-0.15, -0.1) is 0 Å². The largest absolute Gasteiger partial charge is 0.357 e. The highest BCUT2D eigenvalue weighted by atomic mass is 19.1. The Hall–Kier alpha value is -2.50. The van der Waals surface area contributed by atoms with Gasteiger partial charge in [0.15, 0.2) is 5.43 Å².